The second-order valence-corrected chi connectivity index (χ2v) is 4.92. The van der Waals surface area contributed by atoms with Crippen LogP contribution in [-0.4, -0.2) is 11.1 Å². The minimum absolute atomic E-state index is 0.141. The Bertz CT molecular complexity index is 546. The number of aliphatic carboxylic acids is 1. The molecule has 0 bridgehead atoms. The monoisotopic (exact) mass is 273 g/mol. The second kappa shape index (κ2) is 6.39. The van der Waals surface area contributed by atoms with E-state index < -0.39 is 11.9 Å². The topological polar surface area (TPSA) is 62.5 Å². The third-order valence-electron chi connectivity index (χ3n) is 3.43. The van der Waals surface area contributed by atoms with E-state index >= 15 is 0 Å². The van der Waals surface area contributed by atoms with Crippen LogP contribution in [0.5, 0.6) is 0 Å². The number of carboxylic acids is 1. The lowest BCUT2D eigenvalue weighted by Crippen LogP contribution is -2.17. The lowest BCUT2D eigenvalue weighted by atomic mass is 10.00. The molecule has 0 saturated heterocycles. The molecule has 0 radical (unpaired) electrons. The number of furan rings is 1. The maximum atomic E-state index is 10.9. The lowest BCUT2D eigenvalue weighted by Gasteiger charge is -2.12. The van der Waals surface area contributed by atoms with Crippen LogP contribution in [0.4, 0.5) is 0 Å². The Morgan fingerprint density at radius 3 is 2.50 bits per heavy atom. The largest absolute Gasteiger partial charge is 0.481 e. The summed E-state index contributed by atoms with van der Waals surface area (Å²) in [5.74, 6) is -0.373. The Labute approximate surface area is 118 Å². The first kappa shape index (κ1) is 14.3. The highest BCUT2D eigenvalue weighted by Gasteiger charge is 2.13. The van der Waals surface area contributed by atoms with E-state index in [0.717, 1.165) is 16.9 Å². The molecule has 2 atom stereocenters. The molecule has 2 N–H and O–H groups in total. The van der Waals surface area contributed by atoms with Gasteiger partial charge in [0.05, 0.1) is 18.2 Å². The van der Waals surface area contributed by atoms with E-state index in [2.05, 4.69) is 5.32 Å². The van der Waals surface area contributed by atoms with Crippen molar-refractivity contribution in [3.63, 3.8) is 0 Å². The first-order chi connectivity index (χ1) is 9.58. The first-order valence-electron chi connectivity index (χ1n) is 6.66. The Hall–Kier alpha value is -2.07. The molecule has 0 amide bonds. The van der Waals surface area contributed by atoms with Crippen molar-refractivity contribution in [1.82, 2.24) is 5.32 Å². The van der Waals surface area contributed by atoms with Gasteiger partial charge in [-0.25, -0.2) is 0 Å². The van der Waals surface area contributed by atoms with Crippen LogP contribution in [0.2, 0.25) is 0 Å². The van der Waals surface area contributed by atoms with E-state index in [4.69, 9.17) is 9.52 Å². The van der Waals surface area contributed by atoms with Gasteiger partial charge in [0.1, 0.15) is 5.76 Å². The minimum Gasteiger partial charge on any atom is -0.481 e. The molecule has 0 aliphatic heterocycles. The Balaban J connectivity index is 1.92. The van der Waals surface area contributed by atoms with Gasteiger partial charge in [0.15, 0.2) is 0 Å². The number of hydrogen-bond donors (Lipinski definition) is 2. The number of carbonyl (C=O) groups is 1. The Morgan fingerprint density at radius 2 is 1.95 bits per heavy atom. The molecule has 1 heterocycles. The molecule has 20 heavy (non-hydrogen) atoms. The number of nitrogens with one attached hydrogen (secondary N) is 1. The van der Waals surface area contributed by atoms with Crippen LogP contribution < -0.4 is 5.32 Å². The fraction of sp³-hybridized carbons (Fsp3) is 0.312. The van der Waals surface area contributed by atoms with Gasteiger partial charge >= 0.3 is 5.97 Å². The van der Waals surface area contributed by atoms with Crippen LogP contribution in [0.15, 0.2) is 47.1 Å². The Kier molecular flexibility index (Phi) is 4.58. The van der Waals surface area contributed by atoms with Crippen LogP contribution >= 0.6 is 0 Å². The average molecular weight is 273 g/mol. The number of benzene rings is 1. The van der Waals surface area contributed by atoms with Crippen LogP contribution in [0.25, 0.3) is 0 Å². The van der Waals surface area contributed by atoms with Gasteiger partial charge in [0.2, 0.25) is 0 Å². The third kappa shape index (κ3) is 3.48. The van der Waals surface area contributed by atoms with Crippen molar-refractivity contribution >= 4 is 5.97 Å². The van der Waals surface area contributed by atoms with Crippen LogP contribution in [0, 0.1) is 0 Å². The van der Waals surface area contributed by atoms with Gasteiger partial charge in [-0.05, 0) is 37.1 Å². The molecule has 2 aromatic rings. The van der Waals surface area contributed by atoms with Crippen molar-refractivity contribution in [3.05, 3.63) is 59.5 Å². The van der Waals surface area contributed by atoms with Gasteiger partial charge < -0.3 is 14.8 Å². The van der Waals surface area contributed by atoms with Crippen molar-refractivity contribution < 1.29 is 14.3 Å². The number of hydrogen-bond acceptors (Lipinski definition) is 3. The summed E-state index contributed by atoms with van der Waals surface area (Å²) >= 11 is 0. The van der Waals surface area contributed by atoms with Crippen molar-refractivity contribution in [1.29, 1.82) is 0 Å². The van der Waals surface area contributed by atoms with Gasteiger partial charge in [-0.3, -0.25) is 4.79 Å². The molecule has 0 spiro atoms. The summed E-state index contributed by atoms with van der Waals surface area (Å²) in [4.78, 5) is 10.9. The fourth-order valence-corrected chi connectivity index (χ4v) is 1.98. The SMILES string of the molecule is CC(C(=O)O)c1ccc(CN[C@@H](C)c2ccco2)cc1. The molecule has 1 aromatic heterocycles. The molecular formula is C16H19NO3. The van der Waals surface area contributed by atoms with Gasteiger partial charge in [-0.1, -0.05) is 24.3 Å². The van der Waals surface area contributed by atoms with E-state index in [0.29, 0.717) is 6.54 Å². The van der Waals surface area contributed by atoms with Gasteiger partial charge in [0, 0.05) is 6.54 Å². The zero-order chi connectivity index (χ0) is 14.5. The molecule has 1 unspecified atom stereocenters. The van der Waals surface area contributed by atoms with Crippen molar-refractivity contribution in [2.75, 3.05) is 0 Å². The maximum Gasteiger partial charge on any atom is 0.310 e. The molecule has 1 aromatic carbocycles. The smallest absolute Gasteiger partial charge is 0.310 e. The molecule has 0 fully saturated rings. The van der Waals surface area contributed by atoms with E-state index in [1.54, 1.807) is 13.2 Å². The molecule has 0 aliphatic carbocycles. The quantitative estimate of drug-likeness (QED) is 0.847. The Morgan fingerprint density at radius 1 is 1.25 bits per heavy atom. The standard InChI is InChI=1S/C16H19NO3/c1-11(16(18)19)14-7-5-13(6-8-14)10-17-12(2)15-4-3-9-20-15/h3-9,11-12,17H,10H2,1-2H3,(H,18,19)/t11?,12-/m0/s1. The predicted molar refractivity (Wildman–Crippen MR) is 76.5 cm³/mol. The average Bonchev–Trinajstić information content (AvgIpc) is 2.98. The normalized spacial score (nSPS) is 13.9. The summed E-state index contributed by atoms with van der Waals surface area (Å²) in [5.41, 5.74) is 1.94. The van der Waals surface area contributed by atoms with Crippen molar-refractivity contribution in [2.24, 2.45) is 0 Å². The zero-order valence-corrected chi connectivity index (χ0v) is 11.7. The van der Waals surface area contributed by atoms with E-state index in [1.165, 1.54) is 0 Å². The third-order valence-corrected chi connectivity index (χ3v) is 3.43. The molecule has 4 heteroatoms. The minimum atomic E-state index is -0.803. The van der Waals surface area contributed by atoms with E-state index in [1.807, 2.05) is 43.3 Å². The van der Waals surface area contributed by atoms with Gasteiger partial charge in [0.25, 0.3) is 0 Å². The first-order valence-corrected chi connectivity index (χ1v) is 6.66. The van der Waals surface area contributed by atoms with E-state index in [9.17, 15) is 4.79 Å². The highest BCUT2D eigenvalue weighted by molar-refractivity contribution is 5.75. The van der Waals surface area contributed by atoms with Crippen LogP contribution in [0.1, 0.15) is 42.7 Å². The van der Waals surface area contributed by atoms with Crippen LogP contribution in [0.3, 0.4) is 0 Å². The number of rotatable bonds is 6. The maximum absolute atomic E-state index is 10.9. The highest BCUT2D eigenvalue weighted by Crippen LogP contribution is 2.17. The summed E-state index contributed by atoms with van der Waals surface area (Å²) in [7, 11) is 0. The second-order valence-electron chi connectivity index (χ2n) is 4.92. The summed E-state index contributed by atoms with van der Waals surface area (Å²) < 4.78 is 5.33. The molecule has 0 saturated carbocycles. The van der Waals surface area contributed by atoms with Crippen molar-refractivity contribution in [2.45, 2.75) is 32.4 Å². The van der Waals surface area contributed by atoms with Gasteiger partial charge in [-0.15, -0.1) is 0 Å². The molecular weight excluding hydrogens is 254 g/mol. The molecule has 2 rings (SSSR count). The lowest BCUT2D eigenvalue weighted by molar-refractivity contribution is -0.138. The van der Waals surface area contributed by atoms with Gasteiger partial charge in [-0.2, -0.15) is 0 Å². The summed E-state index contributed by atoms with van der Waals surface area (Å²) in [5, 5.41) is 12.3. The summed E-state index contributed by atoms with van der Waals surface area (Å²) in [6.07, 6.45) is 1.66. The van der Waals surface area contributed by atoms with Crippen molar-refractivity contribution in [3.8, 4) is 0 Å². The molecule has 106 valence electrons. The highest BCUT2D eigenvalue weighted by atomic mass is 16.4. The summed E-state index contributed by atoms with van der Waals surface area (Å²) in [6.45, 7) is 4.44. The molecule has 0 aliphatic rings. The fourth-order valence-electron chi connectivity index (χ4n) is 1.98. The predicted octanol–water partition coefficient (Wildman–Crippen LogP) is 3.32. The number of carboxylic acid groups (broad SMARTS) is 1. The van der Waals surface area contributed by atoms with Crippen LogP contribution in [-0.2, 0) is 11.3 Å². The summed E-state index contributed by atoms with van der Waals surface area (Å²) in [6, 6.07) is 11.6. The zero-order valence-electron chi connectivity index (χ0n) is 11.7. The molecule has 4 nitrogen and oxygen atoms in total. The van der Waals surface area contributed by atoms with E-state index in [-0.39, 0.29) is 6.04 Å².